The Morgan fingerprint density at radius 1 is 1.19 bits per heavy atom. The maximum Gasteiger partial charge on any atom is 0.308 e. The zero-order valence-corrected chi connectivity index (χ0v) is 20.3. The average Bonchev–Trinajstić information content (AvgIpc) is 2.72. The van der Waals surface area contributed by atoms with E-state index in [1.807, 2.05) is 13.8 Å². The molecule has 2 aliphatic rings. The van der Waals surface area contributed by atoms with Gasteiger partial charge < -0.3 is 19.7 Å². The number of fused-ring (bicyclic) bond motifs is 1. The lowest BCUT2D eigenvalue weighted by Gasteiger charge is -2.43. The number of hydrogen-bond donors (Lipinski definition) is 2. The third-order valence-electron chi connectivity index (χ3n) is 6.96. The summed E-state index contributed by atoms with van der Waals surface area (Å²) < 4.78 is 10.9. The second-order valence-corrected chi connectivity index (χ2v) is 9.70. The molecular formula is C26H42O6. The summed E-state index contributed by atoms with van der Waals surface area (Å²) >= 11 is 0. The molecule has 0 bridgehead atoms. The van der Waals surface area contributed by atoms with Crippen molar-refractivity contribution in [2.24, 2.45) is 29.6 Å². The molecule has 182 valence electrons. The standard InChI is InChI=1S/C26H42O6/c1-6-17(4)26(30)32-23-13-16(3)12-19-9-8-18(5)22(25(19)23)11-10-20(27)14-21(28)15-24(29)31-7-2/h8-9,12,16-18,20-23,25,27-28H,6-7,10-11,13-15H2,1-5H3/t16-,17-,18-,20+,21+,22-,23-,25-/m0/s1. The third kappa shape index (κ3) is 7.45. The zero-order valence-electron chi connectivity index (χ0n) is 20.3. The fraction of sp³-hybridized carbons (Fsp3) is 0.769. The molecule has 0 spiro atoms. The minimum atomic E-state index is -0.914. The van der Waals surface area contributed by atoms with Crippen molar-refractivity contribution in [3.63, 3.8) is 0 Å². The van der Waals surface area contributed by atoms with Crippen LogP contribution >= 0.6 is 0 Å². The summed E-state index contributed by atoms with van der Waals surface area (Å²) in [6.07, 6.45) is 7.79. The van der Waals surface area contributed by atoms with Crippen LogP contribution in [0.5, 0.6) is 0 Å². The minimum absolute atomic E-state index is 0.103. The number of aliphatic hydroxyl groups is 2. The highest BCUT2D eigenvalue weighted by Gasteiger charge is 2.41. The molecule has 6 nitrogen and oxygen atoms in total. The Bertz CT molecular complexity index is 684. The van der Waals surface area contributed by atoms with Gasteiger partial charge in [-0.05, 0) is 62.4 Å². The number of allylic oxidation sites excluding steroid dienone is 3. The van der Waals surface area contributed by atoms with Crippen LogP contribution in [0.2, 0.25) is 0 Å². The Morgan fingerprint density at radius 2 is 1.91 bits per heavy atom. The van der Waals surface area contributed by atoms with Crippen LogP contribution in [0, 0.1) is 29.6 Å². The van der Waals surface area contributed by atoms with Gasteiger partial charge >= 0.3 is 11.9 Å². The second-order valence-electron chi connectivity index (χ2n) is 9.70. The first kappa shape index (κ1) is 26.6. The quantitative estimate of drug-likeness (QED) is 0.459. The summed E-state index contributed by atoms with van der Waals surface area (Å²) in [7, 11) is 0. The molecule has 0 aromatic heterocycles. The summed E-state index contributed by atoms with van der Waals surface area (Å²) in [4.78, 5) is 24.1. The van der Waals surface area contributed by atoms with E-state index < -0.39 is 18.2 Å². The number of rotatable bonds is 11. The largest absolute Gasteiger partial charge is 0.466 e. The van der Waals surface area contributed by atoms with Gasteiger partial charge in [-0.25, -0.2) is 0 Å². The molecule has 2 rings (SSSR count). The summed E-state index contributed by atoms with van der Waals surface area (Å²) in [5.74, 6) is 0.313. The van der Waals surface area contributed by atoms with Gasteiger partial charge in [0.25, 0.3) is 0 Å². The molecule has 0 aliphatic heterocycles. The molecule has 0 aromatic carbocycles. The van der Waals surface area contributed by atoms with E-state index in [1.165, 1.54) is 5.57 Å². The van der Waals surface area contributed by atoms with Gasteiger partial charge in [0.15, 0.2) is 0 Å². The Kier molecular flexibility index (Phi) is 10.4. The van der Waals surface area contributed by atoms with Gasteiger partial charge in [-0.1, -0.05) is 45.9 Å². The molecule has 0 radical (unpaired) electrons. The Labute approximate surface area is 193 Å². The SMILES string of the molecule is CCOC(=O)C[C@H](O)C[C@H](O)CC[C@@H]1[C@@H]2C(=C[C@H](C)C[C@@H]2OC(=O)[C@@H](C)CC)C=C[C@@H]1C. The molecule has 6 heteroatoms. The number of ether oxygens (including phenoxy) is 2. The number of hydrogen-bond acceptors (Lipinski definition) is 6. The van der Waals surface area contributed by atoms with Crippen molar-refractivity contribution in [3.8, 4) is 0 Å². The van der Waals surface area contributed by atoms with Crippen molar-refractivity contribution in [2.75, 3.05) is 6.61 Å². The molecule has 8 atom stereocenters. The van der Waals surface area contributed by atoms with Crippen LogP contribution in [0.4, 0.5) is 0 Å². The molecule has 0 heterocycles. The topological polar surface area (TPSA) is 93.1 Å². The lowest BCUT2D eigenvalue weighted by molar-refractivity contribution is -0.158. The third-order valence-corrected chi connectivity index (χ3v) is 6.96. The van der Waals surface area contributed by atoms with E-state index in [-0.39, 0.29) is 49.3 Å². The first-order valence-corrected chi connectivity index (χ1v) is 12.3. The molecule has 0 saturated carbocycles. The zero-order chi connectivity index (χ0) is 23.8. The first-order chi connectivity index (χ1) is 15.2. The van der Waals surface area contributed by atoms with E-state index in [2.05, 4.69) is 32.1 Å². The highest BCUT2D eigenvalue weighted by molar-refractivity contribution is 5.72. The van der Waals surface area contributed by atoms with E-state index in [9.17, 15) is 19.8 Å². The van der Waals surface area contributed by atoms with Crippen molar-refractivity contribution < 1.29 is 29.3 Å². The number of carbonyl (C=O) groups excluding carboxylic acids is 2. The smallest absolute Gasteiger partial charge is 0.308 e. The average molecular weight is 451 g/mol. The van der Waals surface area contributed by atoms with Gasteiger partial charge in [0.2, 0.25) is 0 Å². The van der Waals surface area contributed by atoms with Crippen molar-refractivity contribution in [3.05, 3.63) is 23.8 Å². The van der Waals surface area contributed by atoms with Crippen molar-refractivity contribution in [1.82, 2.24) is 0 Å². The normalized spacial score (nSPS) is 30.0. The van der Waals surface area contributed by atoms with Gasteiger partial charge in [-0.3, -0.25) is 9.59 Å². The van der Waals surface area contributed by atoms with Crippen LogP contribution in [0.15, 0.2) is 23.8 Å². The lowest BCUT2D eigenvalue weighted by Crippen LogP contribution is -2.41. The maximum absolute atomic E-state index is 12.6. The van der Waals surface area contributed by atoms with Crippen LogP contribution in [-0.4, -0.2) is 47.1 Å². The predicted molar refractivity (Wildman–Crippen MR) is 124 cm³/mol. The predicted octanol–water partition coefficient (Wildman–Crippen LogP) is 4.19. The molecule has 0 saturated heterocycles. The molecular weight excluding hydrogens is 408 g/mol. The Balaban J connectivity index is 2.04. The summed E-state index contributed by atoms with van der Waals surface area (Å²) in [5.41, 5.74) is 1.23. The molecule has 0 fully saturated rings. The van der Waals surface area contributed by atoms with E-state index in [0.29, 0.717) is 18.3 Å². The molecule has 0 amide bonds. The molecule has 32 heavy (non-hydrogen) atoms. The Hall–Kier alpha value is -1.66. The summed E-state index contributed by atoms with van der Waals surface area (Å²) in [6, 6.07) is 0. The van der Waals surface area contributed by atoms with E-state index in [0.717, 1.165) is 19.3 Å². The molecule has 0 unspecified atom stereocenters. The summed E-state index contributed by atoms with van der Waals surface area (Å²) in [6.45, 7) is 10.2. The fourth-order valence-corrected chi connectivity index (χ4v) is 4.97. The van der Waals surface area contributed by atoms with Gasteiger partial charge in [-0.2, -0.15) is 0 Å². The molecule has 2 N–H and O–H groups in total. The summed E-state index contributed by atoms with van der Waals surface area (Å²) in [5, 5.41) is 20.6. The van der Waals surface area contributed by atoms with Crippen LogP contribution in [-0.2, 0) is 19.1 Å². The van der Waals surface area contributed by atoms with E-state index in [1.54, 1.807) is 6.92 Å². The first-order valence-electron chi connectivity index (χ1n) is 12.3. The molecule has 2 aliphatic carbocycles. The number of carbonyl (C=O) groups is 2. The monoisotopic (exact) mass is 450 g/mol. The van der Waals surface area contributed by atoms with E-state index >= 15 is 0 Å². The van der Waals surface area contributed by atoms with Crippen LogP contribution in [0.25, 0.3) is 0 Å². The Morgan fingerprint density at radius 3 is 2.56 bits per heavy atom. The van der Waals surface area contributed by atoms with Gasteiger partial charge in [-0.15, -0.1) is 0 Å². The highest BCUT2D eigenvalue weighted by atomic mass is 16.5. The van der Waals surface area contributed by atoms with Crippen molar-refractivity contribution in [2.45, 2.75) is 91.5 Å². The lowest BCUT2D eigenvalue weighted by atomic mass is 9.65. The van der Waals surface area contributed by atoms with Gasteiger partial charge in [0.05, 0.1) is 31.2 Å². The number of aliphatic hydroxyl groups excluding tert-OH is 2. The highest BCUT2D eigenvalue weighted by Crippen LogP contribution is 2.45. The fourth-order valence-electron chi connectivity index (χ4n) is 4.97. The maximum atomic E-state index is 12.6. The number of esters is 2. The van der Waals surface area contributed by atoms with Crippen LogP contribution in [0.1, 0.15) is 73.1 Å². The van der Waals surface area contributed by atoms with Gasteiger partial charge in [0, 0.05) is 5.92 Å². The van der Waals surface area contributed by atoms with Crippen molar-refractivity contribution in [1.29, 1.82) is 0 Å². The van der Waals surface area contributed by atoms with E-state index in [4.69, 9.17) is 9.47 Å². The minimum Gasteiger partial charge on any atom is -0.466 e. The van der Waals surface area contributed by atoms with Crippen LogP contribution in [0.3, 0.4) is 0 Å². The van der Waals surface area contributed by atoms with Crippen molar-refractivity contribution >= 4 is 11.9 Å². The van der Waals surface area contributed by atoms with Crippen LogP contribution < -0.4 is 0 Å². The second kappa shape index (κ2) is 12.5. The molecule has 0 aromatic rings. The van der Waals surface area contributed by atoms with Gasteiger partial charge in [0.1, 0.15) is 6.10 Å².